The molecule has 1 fully saturated rings. The molecule has 1 aromatic heterocycles. The van der Waals surface area contributed by atoms with Crippen molar-refractivity contribution in [2.24, 2.45) is 0 Å². The topological polar surface area (TPSA) is 54.5 Å². The molecule has 2 heterocycles. The molecule has 0 saturated carbocycles. The predicted molar refractivity (Wildman–Crippen MR) is 60.1 cm³/mol. The number of hydrogen-bond donors (Lipinski definition) is 1. The summed E-state index contributed by atoms with van der Waals surface area (Å²) >= 11 is 0. The Bertz CT molecular complexity index is 515. The molecule has 0 aromatic carbocycles. The lowest BCUT2D eigenvalue weighted by atomic mass is 10.1. The van der Waals surface area contributed by atoms with Gasteiger partial charge in [-0.25, -0.2) is 0 Å². The molecule has 1 amide bonds. The van der Waals surface area contributed by atoms with Gasteiger partial charge in [0.2, 0.25) is 17.5 Å². The zero-order valence-corrected chi connectivity index (χ0v) is 10.4. The van der Waals surface area contributed by atoms with Gasteiger partial charge in [-0.15, -0.1) is 0 Å². The summed E-state index contributed by atoms with van der Waals surface area (Å²) in [5.74, 6) is -7.39. The van der Waals surface area contributed by atoms with Gasteiger partial charge >= 0.3 is 0 Å². The highest BCUT2D eigenvalue weighted by atomic mass is 19.2. The molecule has 0 aliphatic carbocycles. The van der Waals surface area contributed by atoms with Gasteiger partial charge in [-0.2, -0.15) is 22.5 Å². The van der Waals surface area contributed by atoms with Crippen LogP contribution < -0.4 is 10.2 Å². The van der Waals surface area contributed by atoms with E-state index in [0.29, 0.717) is 0 Å². The average molecular weight is 293 g/mol. The second-order valence-corrected chi connectivity index (χ2v) is 4.07. The molecule has 5 nitrogen and oxygen atoms in total. The van der Waals surface area contributed by atoms with Crippen molar-refractivity contribution in [3.8, 4) is 0 Å². The third-order valence-corrected chi connectivity index (χ3v) is 2.94. The van der Waals surface area contributed by atoms with Crippen LogP contribution in [0.1, 0.15) is 0 Å². The maximum atomic E-state index is 13.7. The Morgan fingerprint density at radius 1 is 1.30 bits per heavy atom. The van der Waals surface area contributed by atoms with Crippen LogP contribution in [0.25, 0.3) is 0 Å². The Morgan fingerprint density at radius 2 is 1.90 bits per heavy atom. The van der Waals surface area contributed by atoms with Gasteiger partial charge in [-0.1, -0.05) is 0 Å². The second kappa shape index (κ2) is 5.61. The molecular weight excluding hydrogens is 282 g/mol. The van der Waals surface area contributed by atoms with Crippen LogP contribution in [0.2, 0.25) is 0 Å². The zero-order chi connectivity index (χ0) is 14.9. The van der Waals surface area contributed by atoms with Gasteiger partial charge in [-0.3, -0.25) is 4.79 Å². The van der Waals surface area contributed by atoms with Gasteiger partial charge in [-0.05, 0) is 0 Å². The first-order valence-corrected chi connectivity index (χ1v) is 5.73. The van der Waals surface area contributed by atoms with E-state index in [1.54, 1.807) is 0 Å². The number of nitrogens with one attached hydrogen (secondary N) is 1. The first-order chi connectivity index (χ1) is 9.47. The van der Waals surface area contributed by atoms with Gasteiger partial charge in [0, 0.05) is 13.6 Å². The fraction of sp³-hybridized carbons (Fsp3) is 0.455. The van der Waals surface area contributed by atoms with Crippen molar-refractivity contribution in [2.75, 3.05) is 31.7 Å². The molecule has 110 valence electrons. The van der Waals surface area contributed by atoms with E-state index in [-0.39, 0.29) is 19.8 Å². The number of nitrogens with zero attached hydrogens (tertiary/aromatic N) is 2. The van der Waals surface area contributed by atoms with E-state index in [9.17, 15) is 22.4 Å². The maximum Gasteiger partial charge on any atom is 0.253 e. The van der Waals surface area contributed by atoms with Crippen molar-refractivity contribution in [1.82, 2.24) is 10.3 Å². The maximum absolute atomic E-state index is 13.7. The van der Waals surface area contributed by atoms with Crippen molar-refractivity contribution in [1.29, 1.82) is 0 Å². The lowest BCUT2D eigenvalue weighted by Gasteiger charge is -2.36. The fourth-order valence-corrected chi connectivity index (χ4v) is 1.98. The van der Waals surface area contributed by atoms with Crippen LogP contribution in [-0.2, 0) is 9.53 Å². The minimum atomic E-state index is -1.76. The normalized spacial score (nSPS) is 19.1. The van der Waals surface area contributed by atoms with Gasteiger partial charge in [0.1, 0.15) is 11.7 Å². The molecule has 9 heteroatoms. The lowest BCUT2D eigenvalue weighted by Crippen LogP contribution is -2.54. The van der Waals surface area contributed by atoms with E-state index in [0.717, 1.165) is 4.90 Å². The quantitative estimate of drug-likeness (QED) is 0.640. The number of hydrogen-bond acceptors (Lipinski definition) is 4. The molecule has 20 heavy (non-hydrogen) atoms. The van der Waals surface area contributed by atoms with Crippen LogP contribution >= 0.6 is 0 Å². The molecule has 0 spiro atoms. The first-order valence-electron chi connectivity index (χ1n) is 5.73. The Morgan fingerprint density at radius 3 is 2.45 bits per heavy atom. The number of ether oxygens (including phenoxy) is 1. The van der Waals surface area contributed by atoms with Crippen molar-refractivity contribution in [3.63, 3.8) is 0 Å². The molecule has 2 rings (SSSR count). The van der Waals surface area contributed by atoms with Crippen LogP contribution in [0.3, 0.4) is 0 Å². The van der Waals surface area contributed by atoms with E-state index in [4.69, 9.17) is 4.74 Å². The summed E-state index contributed by atoms with van der Waals surface area (Å²) in [7, 11) is 1.33. The zero-order valence-electron chi connectivity index (χ0n) is 10.4. The van der Waals surface area contributed by atoms with E-state index in [2.05, 4.69) is 10.3 Å². The Kier molecular flexibility index (Phi) is 4.07. The monoisotopic (exact) mass is 293 g/mol. The Balaban J connectivity index is 2.50. The highest BCUT2D eigenvalue weighted by molar-refractivity contribution is 5.85. The van der Waals surface area contributed by atoms with Crippen LogP contribution in [0.4, 0.5) is 23.2 Å². The Labute approximate surface area is 111 Å². The number of rotatable bonds is 2. The smallest absolute Gasteiger partial charge is 0.253 e. The third kappa shape index (κ3) is 2.40. The lowest BCUT2D eigenvalue weighted by molar-refractivity contribution is -0.124. The van der Waals surface area contributed by atoms with E-state index in [1.807, 2.05) is 0 Å². The summed E-state index contributed by atoms with van der Waals surface area (Å²) < 4.78 is 58.7. The number of anilines is 1. The number of aromatic nitrogens is 1. The number of morpholine rings is 1. The summed E-state index contributed by atoms with van der Waals surface area (Å²) in [5.41, 5.74) is -0.952. The van der Waals surface area contributed by atoms with Gasteiger partial charge in [0.15, 0.2) is 0 Å². The summed E-state index contributed by atoms with van der Waals surface area (Å²) in [6, 6.07) is -1.08. The minimum absolute atomic E-state index is 0.0674. The molecule has 1 atom stereocenters. The summed E-state index contributed by atoms with van der Waals surface area (Å²) in [6.07, 6.45) is 0. The third-order valence-electron chi connectivity index (χ3n) is 2.94. The SMILES string of the molecule is CNC(=O)C1COCCN1c1c(F)c(F)nc(F)c1F. The van der Waals surface area contributed by atoms with E-state index in [1.165, 1.54) is 7.05 Å². The van der Waals surface area contributed by atoms with Crippen LogP contribution in [0.15, 0.2) is 0 Å². The highest BCUT2D eigenvalue weighted by Crippen LogP contribution is 2.29. The average Bonchev–Trinajstić information content (AvgIpc) is 2.45. The van der Waals surface area contributed by atoms with Crippen molar-refractivity contribution in [3.05, 3.63) is 23.5 Å². The molecular formula is C11H11F4N3O2. The molecule has 0 radical (unpaired) electrons. The number of amides is 1. The van der Waals surface area contributed by atoms with E-state index >= 15 is 0 Å². The first kappa shape index (κ1) is 14.5. The number of carbonyl (C=O) groups excluding carboxylic acids is 1. The molecule has 1 aromatic rings. The number of halogens is 4. The molecule has 1 N–H and O–H groups in total. The van der Waals surface area contributed by atoms with Gasteiger partial charge in [0.05, 0.1) is 13.2 Å². The van der Waals surface area contributed by atoms with Gasteiger partial charge in [0.25, 0.3) is 11.9 Å². The minimum Gasteiger partial charge on any atom is -0.377 e. The molecule has 0 bridgehead atoms. The molecule has 1 aliphatic rings. The van der Waals surface area contributed by atoms with Crippen LogP contribution in [0.5, 0.6) is 0 Å². The standard InChI is InChI=1S/C11H11F4N3O2/c1-16-11(19)5-4-20-3-2-18(5)8-6(12)9(14)17-10(15)7(8)13/h5H,2-4H2,1H3,(H,16,19). The summed E-state index contributed by atoms with van der Waals surface area (Å²) in [4.78, 5) is 15.1. The molecule has 1 aliphatic heterocycles. The number of pyridine rings is 1. The number of likely N-dealkylation sites (N-methyl/N-ethyl adjacent to an activating group) is 1. The Hall–Kier alpha value is -1.90. The van der Waals surface area contributed by atoms with Gasteiger partial charge < -0.3 is 15.0 Å². The predicted octanol–water partition coefficient (Wildman–Crippen LogP) is 0.589. The highest BCUT2D eigenvalue weighted by Gasteiger charge is 2.35. The molecule has 1 saturated heterocycles. The van der Waals surface area contributed by atoms with Crippen LogP contribution in [0, 0.1) is 23.5 Å². The van der Waals surface area contributed by atoms with E-state index < -0.39 is 41.2 Å². The summed E-state index contributed by atoms with van der Waals surface area (Å²) in [6.45, 7) is -0.170. The fourth-order valence-electron chi connectivity index (χ4n) is 1.98. The number of carbonyl (C=O) groups is 1. The van der Waals surface area contributed by atoms with Crippen molar-refractivity contribution >= 4 is 11.6 Å². The second-order valence-electron chi connectivity index (χ2n) is 4.07. The van der Waals surface area contributed by atoms with Crippen molar-refractivity contribution in [2.45, 2.75) is 6.04 Å². The summed E-state index contributed by atoms with van der Waals surface area (Å²) in [5, 5.41) is 2.29. The molecule has 1 unspecified atom stereocenters. The van der Waals surface area contributed by atoms with Crippen LogP contribution in [-0.4, -0.2) is 43.7 Å². The van der Waals surface area contributed by atoms with Crippen molar-refractivity contribution < 1.29 is 27.1 Å². The largest absolute Gasteiger partial charge is 0.377 e.